The van der Waals surface area contributed by atoms with E-state index in [9.17, 15) is 9.59 Å². The molecule has 0 aliphatic heterocycles. The highest BCUT2D eigenvalue weighted by molar-refractivity contribution is 7.12. The standard InChI is InChI=1S/C18H17N3O2S2/c22-17(20-8-7-16-19-9-11-25-16)14-5-3-13(4-6-14)12-21-18(23)15-2-1-10-24-15/h1-6,9-11H,7-8,12H2,(H,20,22)(H,21,23). The highest BCUT2D eigenvalue weighted by Crippen LogP contribution is 2.09. The zero-order chi connectivity index (χ0) is 17.5. The van der Waals surface area contributed by atoms with E-state index in [1.165, 1.54) is 11.3 Å². The van der Waals surface area contributed by atoms with E-state index in [-0.39, 0.29) is 11.8 Å². The van der Waals surface area contributed by atoms with Crippen LogP contribution in [0.1, 0.15) is 30.6 Å². The Morgan fingerprint density at radius 1 is 0.960 bits per heavy atom. The first-order valence-electron chi connectivity index (χ1n) is 7.79. The molecular weight excluding hydrogens is 354 g/mol. The van der Waals surface area contributed by atoms with Gasteiger partial charge in [0.05, 0.1) is 9.88 Å². The van der Waals surface area contributed by atoms with Gasteiger partial charge in [0.1, 0.15) is 0 Å². The molecule has 0 aliphatic rings. The Labute approximate surface area is 153 Å². The fourth-order valence-electron chi connectivity index (χ4n) is 2.21. The van der Waals surface area contributed by atoms with E-state index in [1.54, 1.807) is 35.7 Å². The minimum atomic E-state index is -0.106. The Balaban J connectivity index is 1.46. The number of hydrogen-bond acceptors (Lipinski definition) is 5. The van der Waals surface area contributed by atoms with Crippen molar-refractivity contribution in [2.24, 2.45) is 0 Å². The maximum absolute atomic E-state index is 12.1. The van der Waals surface area contributed by atoms with Crippen LogP contribution in [-0.4, -0.2) is 23.3 Å². The molecule has 2 heterocycles. The van der Waals surface area contributed by atoms with Gasteiger partial charge in [-0.05, 0) is 29.1 Å². The first-order chi connectivity index (χ1) is 12.2. The van der Waals surface area contributed by atoms with Gasteiger partial charge in [-0.15, -0.1) is 22.7 Å². The van der Waals surface area contributed by atoms with Gasteiger partial charge in [0, 0.05) is 36.7 Å². The van der Waals surface area contributed by atoms with Crippen molar-refractivity contribution in [3.63, 3.8) is 0 Å². The number of carbonyl (C=O) groups excluding carboxylic acids is 2. The van der Waals surface area contributed by atoms with Crippen LogP contribution in [0.2, 0.25) is 0 Å². The minimum Gasteiger partial charge on any atom is -0.352 e. The van der Waals surface area contributed by atoms with Gasteiger partial charge in [-0.1, -0.05) is 18.2 Å². The van der Waals surface area contributed by atoms with E-state index in [4.69, 9.17) is 0 Å². The Morgan fingerprint density at radius 3 is 2.48 bits per heavy atom. The molecule has 3 aromatic rings. The molecule has 0 saturated heterocycles. The molecule has 5 nitrogen and oxygen atoms in total. The molecule has 0 unspecified atom stereocenters. The van der Waals surface area contributed by atoms with Crippen molar-refractivity contribution in [3.8, 4) is 0 Å². The van der Waals surface area contributed by atoms with Crippen LogP contribution in [0, 0.1) is 0 Å². The number of aromatic nitrogens is 1. The lowest BCUT2D eigenvalue weighted by molar-refractivity contribution is 0.0945. The van der Waals surface area contributed by atoms with E-state index in [1.807, 2.05) is 29.0 Å². The van der Waals surface area contributed by atoms with Crippen LogP contribution in [-0.2, 0) is 13.0 Å². The highest BCUT2D eigenvalue weighted by atomic mass is 32.1. The number of nitrogens with zero attached hydrogens (tertiary/aromatic N) is 1. The van der Waals surface area contributed by atoms with Crippen LogP contribution < -0.4 is 10.6 Å². The molecule has 0 aliphatic carbocycles. The Hall–Kier alpha value is -2.51. The number of nitrogens with one attached hydrogen (secondary N) is 2. The fraction of sp³-hybridized carbons (Fsp3) is 0.167. The van der Waals surface area contributed by atoms with Crippen LogP contribution in [0.4, 0.5) is 0 Å². The average Bonchev–Trinajstić information content (AvgIpc) is 3.34. The van der Waals surface area contributed by atoms with E-state index < -0.39 is 0 Å². The lowest BCUT2D eigenvalue weighted by Gasteiger charge is -2.07. The number of carbonyl (C=O) groups is 2. The molecular formula is C18H17N3O2S2. The highest BCUT2D eigenvalue weighted by Gasteiger charge is 2.08. The summed E-state index contributed by atoms with van der Waals surface area (Å²) in [6.07, 6.45) is 2.49. The molecule has 128 valence electrons. The van der Waals surface area contributed by atoms with Crippen LogP contribution >= 0.6 is 22.7 Å². The zero-order valence-electron chi connectivity index (χ0n) is 13.4. The number of benzene rings is 1. The third-order valence-corrected chi connectivity index (χ3v) is 5.23. The van der Waals surface area contributed by atoms with Gasteiger partial charge in [-0.25, -0.2) is 4.98 Å². The summed E-state index contributed by atoms with van der Waals surface area (Å²) in [4.78, 5) is 28.9. The summed E-state index contributed by atoms with van der Waals surface area (Å²) in [5.74, 6) is -0.190. The lowest BCUT2D eigenvalue weighted by atomic mass is 10.1. The molecule has 0 saturated carbocycles. The second-order valence-electron chi connectivity index (χ2n) is 5.29. The van der Waals surface area contributed by atoms with Crippen molar-refractivity contribution in [3.05, 3.63) is 74.4 Å². The molecule has 2 aromatic heterocycles. The summed E-state index contributed by atoms with van der Waals surface area (Å²) in [6, 6.07) is 10.9. The number of thiazole rings is 1. The first-order valence-corrected chi connectivity index (χ1v) is 9.55. The second-order valence-corrected chi connectivity index (χ2v) is 7.22. The number of hydrogen-bond donors (Lipinski definition) is 2. The predicted molar refractivity (Wildman–Crippen MR) is 100 cm³/mol. The quantitative estimate of drug-likeness (QED) is 0.670. The number of amides is 2. The fourth-order valence-corrected chi connectivity index (χ4v) is 3.47. The summed E-state index contributed by atoms with van der Waals surface area (Å²) < 4.78 is 0. The summed E-state index contributed by atoms with van der Waals surface area (Å²) in [5.41, 5.74) is 1.55. The smallest absolute Gasteiger partial charge is 0.261 e. The van der Waals surface area contributed by atoms with Crippen molar-refractivity contribution in [1.29, 1.82) is 0 Å². The van der Waals surface area contributed by atoms with Gasteiger partial charge in [-0.3, -0.25) is 9.59 Å². The number of thiophene rings is 1. The minimum absolute atomic E-state index is 0.0843. The van der Waals surface area contributed by atoms with Crippen LogP contribution in [0.25, 0.3) is 0 Å². The van der Waals surface area contributed by atoms with Crippen molar-refractivity contribution < 1.29 is 9.59 Å². The molecule has 2 amide bonds. The molecule has 25 heavy (non-hydrogen) atoms. The normalized spacial score (nSPS) is 10.4. The zero-order valence-corrected chi connectivity index (χ0v) is 15.0. The Bertz CT molecular complexity index is 813. The van der Waals surface area contributed by atoms with Crippen LogP contribution in [0.5, 0.6) is 0 Å². The molecule has 1 aromatic carbocycles. The largest absolute Gasteiger partial charge is 0.352 e. The van der Waals surface area contributed by atoms with Gasteiger partial charge < -0.3 is 10.6 Å². The van der Waals surface area contributed by atoms with Gasteiger partial charge in [0.2, 0.25) is 0 Å². The molecule has 0 atom stereocenters. The maximum Gasteiger partial charge on any atom is 0.261 e. The summed E-state index contributed by atoms with van der Waals surface area (Å²) in [6.45, 7) is 0.994. The molecule has 2 N–H and O–H groups in total. The SMILES string of the molecule is O=C(NCCc1nccs1)c1ccc(CNC(=O)c2cccs2)cc1. The van der Waals surface area contributed by atoms with Crippen molar-refractivity contribution in [2.45, 2.75) is 13.0 Å². The average molecular weight is 371 g/mol. The molecule has 7 heteroatoms. The predicted octanol–water partition coefficient (Wildman–Crippen LogP) is 3.11. The Kier molecular flexibility index (Phi) is 5.92. The third kappa shape index (κ3) is 4.98. The molecule has 0 spiro atoms. The maximum atomic E-state index is 12.1. The van der Waals surface area contributed by atoms with Crippen molar-refractivity contribution in [2.75, 3.05) is 6.54 Å². The van der Waals surface area contributed by atoms with E-state index in [2.05, 4.69) is 15.6 Å². The topological polar surface area (TPSA) is 71.1 Å². The van der Waals surface area contributed by atoms with Crippen molar-refractivity contribution in [1.82, 2.24) is 15.6 Å². The van der Waals surface area contributed by atoms with Crippen LogP contribution in [0.15, 0.2) is 53.4 Å². The first kappa shape index (κ1) is 17.3. The molecule has 3 rings (SSSR count). The lowest BCUT2D eigenvalue weighted by Crippen LogP contribution is -2.25. The second kappa shape index (κ2) is 8.55. The van der Waals surface area contributed by atoms with E-state index >= 15 is 0 Å². The van der Waals surface area contributed by atoms with E-state index in [0.717, 1.165) is 17.0 Å². The molecule has 0 bridgehead atoms. The number of rotatable bonds is 7. The molecule has 0 radical (unpaired) electrons. The van der Waals surface area contributed by atoms with Crippen molar-refractivity contribution >= 4 is 34.5 Å². The summed E-state index contributed by atoms with van der Waals surface area (Å²) in [7, 11) is 0. The Morgan fingerprint density at radius 2 is 1.80 bits per heavy atom. The van der Waals surface area contributed by atoms with Crippen LogP contribution in [0.3, 0.4) is 0 Å². The van der Waals surface area contributed by atoms with Gasteiger partial charge >= 0.3 is 0 Å². The van der Waals surface area contributed by atoms with Gasteiger partial charge in [-0.2, -0.15) is 0 Å². The molecule has 0 fully saturated rings. The van der Waals surface area contributed by atoms with Gasteiger partial charge in [0.25, 0.3) is 11.8 Å². The summed E-state index contributed by atoms with van der Waals surface area (Å²) in [5, 5.41) is 10.6. The monoisotopic (exact) mass is 371 g/mol. The third-order valence-electron chi connectivity index (χ3n) is 3.52. The van der Waals surface area contributed by atoms with E-state index in [0.29, 0.717) is 23.5 Å². The summed E-state index contributed by atoms with van der Waals surface area (Å²) >= 11 is 2.99. The van der Waals surface area contributed by atoms with Gasteiger partial charge in [0.15, 0.2) is 0 Å².